The Bertz CT molecular complexity index is 902. The molecule has 3 amide bonds. The number of aryl methyl sites for hydroxylation is 2. The van der Waals surface area contributed by atoms with Crippen LogP contribution in [0.2, 0.25) is 0 Å². The molecule has 1 heterocycles. The summed E-state index contributed by atoms with van der Waals surface area (Å²) in [6, 6.07) is 10.5. The number of anilines is 1. The molecule has 5 heteroatoms. The number of nitrogens with one attached hydrogen (secondary N) is 1. The molecule has 0 bridgehead atoms. The first-order chi connectivity index (χ1) is 12.4. The quantitative estimate of drug-likeness (QED) is 0.830. The summed E-state index contributed by atoms with van der Waals surface area (Å²) in [4.78, 5) is 38.8. The minimum absolute atomic E-state index is 0.278. The topological polar surface area (TPSA) is 66.5 Å². The van der Waals surface area contributed by atoms with Gasteiger partial charge >= 0.3 is 0 Å². The van der Waals surface area contributed by atoms with E-state index in [1.807, 2.05) is 39.0 Å². The maximum Gasteiger partial charge on any atom is 0.261 e. The number of benzene rings is 2. The lowest BCUT2D eigenvalue weighted by Crippen LogP contribution is -2.30. The number of fused-ring (bicyclic) bond motifs is 1. The Balaban J connectivity index is 1.85. The van der Waals surface area contributed by atoms with Crippen molar-refractivity contribution in [3.05, 3.63) is 64.2 Å². The molecule has 0 aliphatic carbocycles. The van der Waals surface area contributed by atoms with Crippen LogP contribution in [0.5, 0.6) is 0 Å². The molecule has 134 valence electrons. The molecule has 1 N–H and O–H groups in total. The van der Waals surface area contributed by atoms with Crippen LogP contribution in [0.1, 0.15) is 62.0 Å². The minimum atomic E-state index is -0.320. The van der Waals surface area contributed by atoms with Crippen molar-refractivity contribution >= 4 is 23.4 Å². The lowest BCUT2D eigenvalue weighted by atomic mass is 10.0. The maximum atomic E-state index is 12.6. The Labute approximate surface area is 153 Å². The molecule has 3 rings (SSSR count). The molecule has 1 aliphatic rings. The zero-order valence-corrected chi connectivity index (χ0v) is 15.3. The first-order valence-corrected chi connectivity index (χ1v) is 8.81. The number of carbonyl (C=O) groups excluding carboxylic acids is 3. The van der Waals surface area contributed by atoms with E-state index in [1.165, 1.54) is 11.0 Å². The van der Waals surface area contributed by atoms with E-state index in [0.29, 0.717) is 23.2 Å². The van der Waals surface area contributed by atoms with Crippen molar-refractivity contribution in [2.45, 2.75) is 33.6 Å². The zero-order valence-electron chi connectivity index (χ0n) is 15.3. The summed E-state index contributed by atoms with van der Waals surface area (Å²) in [5.41, 5.74) is 3.79. The van der Waals surface area contributed by atoms with Crippen LogP contribution in [0.3, 0.4) is 0 Å². The molecule has 0 fully saturated rings. The molecule has 1 aliphatic heterocycles. The Hall–Kier alpha value is -2.95. The van der Waals surface area contributed by atoms with E-state index in [9.17, 15) is 14.4 Å². The van der Waals surface area contributed by atoms with E-state index in [1.54, 1.807) is 12.1 Å². The standard InChI is InChI=1S/C21H22N2O3/c1-4-5-10-23-20(25)16-9-8-15(12-17(16)21(23)26)19(24)22-18-11-13(2)6-7-14(18)3/h6-9,11-12H,4-5,10H2,1-3H3,(H,22,24). The number of carbonyl (C=O) groups is 3. The van der Waals surface area contributed by atoms with E-state index < -0.39 is 0 Å². The number of imide groups is 1. The highest BCUT2D eigenvalue weighted by molar-refractivity contribution is 6.22. The smallest absolute Gasteiger partial charge is 0.261 e. The van der Waals surface area contributed by atoms with Crippen LogP contribution in [0.15, 0.2) is 36.4 Å². The second kappa shape index (κ2) is 7.12. The van der Waals surface area contributed by atoms with Gasteiger partial charge in [0.2, 0.25) is 0 Å². The van der Waals surface area contributed by atoms with Gasteiger partial charge in [-0.15, -0.1) is 0 Å². The van der Waals surface area contributed by atoms with Gasteiger partial charge in [-0.3, -0.25) is 19.3 Å². The molecule has 26 heavy (non-hydrogen) atoms. The largest absolute Gasteiger partial charge is 0.322 e. The highest BCUT2D eigenvalue weighted by Gasteiger charge is 2.35. The Morgan fingerprint density at radius 2 is 1.73 bits per heavy atom. The molecular weight excluding hydrogens is 328 g/mol. The molecule has 5 nitrogen and oxygen atoms in total. The second-order valence-corrected chi connectivity index (χ2v) is 6.65. The fraction of sp³-hybridized carbons (Fsp3) is 0.286. The first kappa shape index (κ1) is 17.9. The minimum Gasteiger partial charge on any atom is -0.322 e. The molecule has 0 radical (unpaired) electrons. The number of amides is 3. The van der Waals surface area contributed by atoms with E-state index in [2.05, 4.69) is 5.32 Å². The van der Waals surface area contributed by atoms with Crippen molar-refractivity contribution in [2.24, 2.45) is 0 Å². The molecule has 0 atom stereocenters. The normalized spacial score (nSPS) is 13.1. The third-order valence-electron chi connectivity index (χ3n) is 4.61. The summed E-state index contributed by atoms with van der Waals surface area (Å²) in [7, 11) is 0. The van der Waals surface area contributed by atoms with E-state index in [-0.39, 0.29) is 17.7 Å². The fourth-order valence-corrected chi connectivity index (χ4v) is 3.02. The Morgan fingerprint density at radius 1 is 1.00 bits per heavy atom. The predicted octanol–water partition coefficient (Wildman–Crippen LogP) is 3.95. The van der Waals surface area contributed by atoms with Crippen molar-refractivity contribution in [2.75, 3.05) is 11.9 Å². The molecule has 0 unspecified atom stereocenters. The third kappa shape index (κ3) is 3.25. The first-order valence-electron chi connectivity index (χ1n) is 8.81. The number of hydrogen-bond acceptors (Lipinski definition) is 3. The number of unbranched alkanes of at least 4 members (excludes halogenated alkanes) is 1. The van der Waals surface area contributed by atoms with Gasteiger partial charge in [-0.1, -0.05) is 25.5 Å². The zero-order chi connectivity index (χ0) is 18.8. The third-order valence-corrected chi connectivity index (χ3v) is 4.61. The van der Waals surface area contributed by atoms with Crippen LogP contribution in [0.25, 0.3) is 0 Å². The van der Waals surface area contributed by atoms with Crippen LogP contribution in [0.4, 0.5) is 5.69 Å². The van der Waals surface area contributed by atoms with Crippen LogP contribution in [-0.2, 0) is 0 Å². The predicted molar refractivity (Wildman–Crippen MR) is 101 cm³/mol. The van der Waals surface area contributed by atoms with Gasteiger partial charge in [0.1, 0.15) is 0 Å². The van der Waals surface area contributed by atoms with Crippen molar-refractivity contribution in [3.8, 4) is 0 Å². The summed E-state index contributed by atoms with van der Waals surface area (Å²) in [6.45, 7) is 6.30. The van der Waals surface area contributed by atoms with Crippen LogP contribution in [-0.4, -0.2) is 29.2 Å². The Kier molecular flexibility index (Phi) is 4.89. The van der Waals surface area contributed by atoms with Crippen molar-refractivity contribution in [3.63, 3.8) is 0 Å². The molecule has 0 saturated heterocycles. The molecule has 0 aromatic heterocycles. The molecule has 2 aromatic rings. The van der Waals surface area contributed by atoms with E-state index in [0.717, 1.165) is 29.7 Å². The van der Waals surface area contributed by atoms with Crippen LogP contribution in [0, 0.1) is 13.8 Å². The lowest BCUT2D eigenvalue weighted by molar-refractivity contribution is 0.0652. The van der Waals surface area contributed by atoms with Gasteiger partial charge in [-0.2, -0.15) is 0 Å². The second-order valence-electron chi connectivity index (χ2n) is 6.65. The molecule has 0 saturated carbocycles. The van der Waals surface area contributed by atoms with E-state index >= 15 is 0 Å². The van der Waals surface area contributed by atoms with Gasteiger partial charge in [0, 0.05) is 17.8 Å². The SMILES string of the molecule is CCCCN1C(=O)c2ccc(C(=O)Nc3cc(C)ccc3C)cc2C1=O. The average Bonchev–Trinajstić information content (AvgIpc) is 2.86. The number of nitrogens with zero attached hydrogens (tertiary/aromatic N) is 1. The fourth-order valence-electron chi connectivity index (χ4n) is 3.02. The summed E-state index contributed by atoms with van der Waals surface area (Å²) >= 11 is 0. The van der Waals surface area contributed by atoms with Crippen LogP contribution < -0.4 is 5.32 Å². The monoisotopic (exact) mass is 350 g/mol. The number of rotatable bonds is 5. The lowest BCUT2D eigenvalue weighted by Gasteiger charge is -2.12. The highest BCUT2D eigenvalue weighted by atomic mass is 16.2. The summed E-state index contributed by atoms with van der Waals surface area (Å²) < 4.78 is 0. The summed E-state index contributed by atoms with van der Waals surface area (Å²) in [5, 5.41) is 2.88. The molecule has 0 spiro atoms. The van der Waals surface area contributed by atoms with E-state index in [4.69, 9.17) is 0 Å². The van der Waals surface area contributed by atoms with Gasteiger partial charge in [0.15, 0.2) is 0 Å². The molecule has 2 aromatic carbocycles. The highest BCUT2D eigenvalue weighted by Crippen LogP contribution is 2.25. The van der Waals surface area contributed by atoms with Crippen molar-refractivity contribution in [1.82, 2.24) is 4.90 Å². The van der Waals surface area contributed by atoms with Crippen LogP contribution >= 0.6 is 0 Å². The van der Waals surface area contributed by atoms with Crippen molar-refractivity contribution in [1.29, 1.82) is 0 Å². The van der Waals surface area contributed by atoms with Gasteiger partial charge in [0.25, 0.3) is 17.7 Å². The Morgan fingerprint density at radius 3 is 2.46 bits per heavy atom. The summed E-state index contributed by atoms with van der Waals surface area (Å²) in [5.74, 6) is -0.895. The van der Waals surface area contributed by atoms with Gasteiger partial charge in [0.05, 0.1) is 11.1 Å². The van der Waals surface area contributed by atoms with Gasteiger partial charge in [-0.25, -0.2) is 0 Å². The molecular formula is C21H22N2O3. The van der Waals surface area contributed by atoms with Gasteiger partial charge < -0.3 is 5.32 Å². The number of hydrogen-bond donors (Lipinski definition) is 1. The summed E-state index contributed by atoms with van der Waals surface area (Å²) in [6.07, 6.45) is 1.67. The maximum absolute atomic E-state index is 12.6. The van der Waals surface area contributed by atoms with Crippen molar-refractivity contribution < 1.29 is 14.4 Å². The van der Waals surface area contributed by atoms with Gasteiger partial charge in [-0.05, 0) is 55.7 Å². The average molecular weight is 350 g/mol.